The molecule has 0 bridgehead atoms. The molecule has 0 fully saturated rings. The summed E-state index contributed by atoms with van der Waals surface area (Å²) in [6.45, 7) is 14.4. The topological polar surface area (TPSA) is 4.93 Å². The van der Waals surface area contributed by atoms with E-state index in [0.29, 0.717) is 0 Å². The molecule has 1 heteroatoms. The van der Waals surface area contributed by atoms with E-state index in [-0.39, 0.29) is 0 Å². The summed E-state index contributed by atoms with van der Waals surface area (Å²) in [7, 11) is 2.08. The molecule has 0 saturated heterocycles. The second-order valence-corrected chi connectivity index (χ2v) is 5.32. The van der Waals surface area contributed by atoms with E-state index in [9.17, 15) is 0 Å². The summed E-state index contributed by atoms with van der Waals surface area (Å²) >= 11 is 0. The molecule has 1 aromatic heterocycles. The van der Waals surface area contributed by atoms with Crippen molar-refractivity contribution in [3.05, 3.63) is 59.5 Å². The van der Waals surface area contributed by atoms with Crippen LogP contribution in [-0.2, 0) is 7.05 Å². The molecule has 108 valence electrons. The van der Waals surface area contributed by atoms with Gasteiger partial charge < -0.3 is 4.57 Å². The van der Waals surface area contributed by atoms with Gasteiger partial charge in [-0.15, -0.1) is 0 Å². The minimum absolute atomic E-state index is 1.09. The van der Waals surface area contributed by atoms with Crippen molar-refractivity contribution in [1.82, 2.24) is 4.57 Å². The van der Waals surface area contributed by atoms with Gasteiger partial charge >= 0.3 is 0 Å². The molecule has 0 spiro atoms. The van der Waals surface area contributed by atoms with E-state index in [2.05, 4.69) is 63.9 Å². The van der Waals surface area contributed by atoms with Gasteiger partial charge in [0.05, 0.1) is 0 Å². The zero-order chi connectivity index (χ0) is 15.1. The predicted octanol–water partition coefficient (Wildman–Crippen LogP) is 5.68. The Morgan fingerprint density at radius 2 is 2.10 bits per heavy atom. The quantitative estimate of drug-likeness (QED) is 0.561. The molecule has 0 radical (unpaired) electrons. The van der Waals surface area contributed by atoms with Crippen LogP contribution in [0.25, 0.3) is 12.2 Å². The van der Waals surface area contributed by atoms with Crippen LogP contribution in [0.4, 0.5) is 0 Å². The molecule has 0 saturated carbocycles. The number of aryl methyl sites for hydroxylation is 1. The van der Waals surface area contributed by atoms with E-state index in [0.717, 1.165) is 6.42 Å². The normalized spacial score (nSPS) is 12.1. The van der Waals surface area contributed by atoms with Gasteiger partial charge in [0.15, 0.2) is 0 Å². The lowest BCUT2D eigenvalue weighted by molar-refractivity contribution is 0.794. The Morgan fingerprint density at radius 3 is 2.70 bits per heavy atom. The summed E-state index contributed by atoms with van der Waals surface area (Å²) in [6.07, 6.45) is 13.8. The number of hydrogen-bond donors (Lipinski definition) is 0. The van der Waals surface area contributed by atoms with Gasteiger partial charge in [-0.1, -0.05) is 50.3 Å². The number of rotatable bonds is 7. The Bertz CT molecular complexity index is 538. The minimum atomic E-state index is 1.09. The molecule has 1 aromatic rings. The largest absolute Gasteiger partial charge is 0.353 e. The Morgan fingerprint density at radius 1 is 1.40 bits per heavy atom. The summed E-state index contributed by atoms with van der Waals surface area (Å²) < 4.78 is 2.16. The van der Waals surface area contributed by atoms with Crippen molar-refractivity contribution in [1.29, 1.82) is 0 Å². The maximum absolute atomic E-state index is 4.20. The van der Waals surface area contributed by atoms with Crippen LogP contribution in [0.2, 0.25) is 0 Å². The first-order valence-corrected chi connectivity index (χ1v) is 7.32. The fourth-order valence-electron chi connectivity index (χ4n) is 2.19. The monoisotopic (exact) mass is 269 g/mol. The molecule has 1 rings (SSSR count). The van der Waals surface area contributed by atoms with Crippen molar-refractivity contribution in [2.75, 3.05) is 0 Å². The zero-order valence-electron chi connectivity index (χ0n) is 13.4. The molecule has 0 aliphatic heterocycles. The van der Waals surface area contributed by atoms with E-state index >= 15 is 0 Å². The van der Waals surface area contributed by atoms with E-state index in [1.165, 1.54) is 40.8 Å². The van der Waals surface area contributed by atoms with Gasteiger partial charge in [0.2, 0.25) is 0 Å². The molecule has 0 unspecified atom stereocenters. The molecule has 20 heavy (non-hydrogen) atoms. The predicted molar refractivity (Wildman–Crippen MR) is 91.7 cm³/mol. The summed E-state index contributed by atoms with van der Waals surface area (Å²) in [5.74, 6) is 0. The molecule has 0 N–H and O–H groups in total. The summed E-state index contributed by atoms with van der Waals surface area (Å²) in [5, 5.41) is 0. The van der Waals surface area contributed by atoms with Gasteiger partial charge in [0, 0.05) is 24.5 Å². The van der Waals surface area contributed by atoms with Crippen LogP contribution in [0.1, 0.15) is 49.9 Å². The zero-order valence-corrected chi connectivity index (χ0v) is 13.4. The molecule has 1 heterocycles. The lowest BCUT2D eigenvalue weighted by Gasteiger charge is -2.05. The Labute approximate surface area is 124 Å². The second kappa shape index (κ2) is 7.74. The SMILES string of the molecule is C=C/C=C\c1c(/C=C(\C)C(=C)CCCC)cn(C)c1C. The number of aromatic nitrogens is 1. The fourth-order valence-corrected chi connectivity index (χ4v) is 2.19. The van der Waals surface area contributed by atoms with Crippen LogP contribution in [0.5, 0.6) is 0 Å². The molecule has 0 aromatic carbocycles. The number of allylic oxidation sites excluding steroid dienone is 4. The van der Waals surface area contributed by atoms with Gasteiger partial charge in [-0.2, -0.15) is 0 Å². The first kappa shape index (κ1) is 16.3. The summed E-state index contributed by atoms with van der Waals surface area (Å²) in [5.41, 5.74) is 6.29. The fraction of sp³-hybridized carbons (Fsp3) is 0.368. The standard InChI is InChI=1S/C19H27N/c1-7-9-11-15(3)16(4)13-18-14-20(6)17(5)19(18)12-10-8-2/h8,10,12-14H,2-3,7,9,11H2,1,4-6H3/b12-10-,16-13+. The van der Waals surface area contributed by atoms with Crippen molar-refractivity contribution in [2.24, 2.45) is 7.05 Å². The third-order valence-electron chi connectivity index (χ3n) is 3.72. The van der Waals surface area contributed by atoms with Crippen LogP contribution >= 0.6 is 0 Å². The highest BCUT2D eigenvalue weighted by Gasteiger charge is 2.07. The van der Waals surface area contributed by atoms with Crippen LogP contribution in [0.3, 0.4) is 0 Å². The average molecular weight is 269 g/mol. The Kier molecular flexibility index (Phi) is 6.30. The minimum Gasteiger partial charge on any atom is -0.353 e. The molecule has 0 atom stereocenters. The van der Waals surface area contributed by atoms with Gasteiger partial charge in [0.1, 0.15) is 0 Å². The van der Waals surface area contributed by atoms with Crippen molar-refractivity contribution in [2.45, 2.75) is 40.0 Å². The molecular formula is C19H27N. The van der Waals surface area contributed by atoms with Crippen LogP contribution in [0.15, 0.2) is 42.7 Å². The Hall–Kier alpha value is -1.76. The highest BCUT2D eigenvalue weighted by Crippen LogP contribution is 2.24. The van der Waals surface area contributed by atoms with E-state index in [1.807, 2.05) is 12.2 Å². The van der Waals surface area contributed by atoms with Gasteiger partial charge in [-0.25, -0.2) is 0 Å². The molecular weight excluding hydrogens is 242 g/mol. The first-order chi connectivity index (χ1) is 9.51. The average Bonchev–Trinajstić information content (AvgIpc) is 2.69. The maximum atomic E-state index is 4.20. The third-order valence-corrected chi connectivity index (χ3v) is 3.72. The lowest BCUT2D eigenvalue weighted by atomic mass is 10.00. The maximum Gasteiger partial charge on any atom is 0.0219 e. The van der Waals surface area contributed by atoms with Gasteiger partial charge in [0.25, 0.3) is 0 Å². The highest BCUT2D eigenvalue weighted by atomic mass is 14.9. The van der Waals surface area contributed by atoms with Gasteiger partial charge in [-0.3, -0.25) is 0 Å². The summed E-state index contributed by atoms with van der Waals surface area (Å²) in [4.78, 5) is 0. The third kappa shape index (κ3) is 4.12. The van der Waals surface area contributed by atoms with Crippen LogP contribution in [0, 0.1) is 6.92 Å². The molecule has 1 nitrogen and oxygen atoms in total. The van der Waals surface area contributed by atoms with Gasteiger partial charge in [-0.05, 0) is 43.9 Å². The van der Waals surface area contributed by atoms with E-state index in [1.54, 1.807) is 0 Å². The lowest BCUT2D eigenvalue weighted by Crippen LogP contribution is -1.87. The van der Waals surface area contributed by atoms with Crippen molar-refractivity contribution < 1.29 is 0 Å². The van der Waals surface area contributed by atoms with Crippen molar-refractivity contribution >= 4 is 12.2 Å². The van der Waals surface area contributed by atoms with Crippen molar-refractivity contribution in [3.8, 4) is 0 Å². The smallest absolute Gasteiger partial charge is 0.0219 e. The second-order valence-electron chi connectivity index (χ2n) is 5.32. The number of nitrogens with zero attached hydrogens (tertiary/aromatic N) is 1. The Balaban J connectivity index is 3.07. The van der Waals surface area contributed by atoms with E-state index < -0.39 is 0 Å². The highest BCUT2D eigenvalue weighted by molar-refractivity contribution is 5.70. The molecule has 0 aliphatic rings. The van der Waals surface area contributed by atoms with Crippen LogP contribution in [-0.4, -0.2) is 4.57 Å². The molecule has 0 aliphatic carbocycles. The number of unbranched alkanes of at least 4 members (excludes halogenated alkanes) is 1. The van der Waals surface area contributed by atoms with Crippen LogP contribution < -0.4 is 0 Å². The van der Waals surface area contributed by atoms with Crippen molar-refractivity contribution in [3.63, 3.8) is 0 Å². The summed E-state index contributed by atoms with van der Waals surface area (Å²) in [6, 6.07) is 0. The number of hydrogen-bond acceptors (Lipinski definition) is 0. The molecule has 0 amide bonds. The van der Waals surface area contributed by atoms with E-state index in [4.69, 9.17) is 0 Å². The first-order valence-electron chi connectivity index (χ1n) is 7.32.